The maximum absolute atomic E-state index is 12.1. The average molecular weight is 337 g/mol. The van der Waals surface area contributed by atoms with E-state index < -0.39 is 28.9 Å². The molecule has 3 N–H and O–H groups in total. The van der Waals surface area contributed by atoms with Crippen LogP contribution >= 0.6 is 0 Å². The summed E-state index contributed by atoms with van der Waals surface area (Å²) in [5.74, 6) is -0.784. The van der Waals surface area contributed by atoms with Crippen LogP contribution in [0.25, 0.3) is 0 Å². The molecule has 0 aliphatic carbocycles. The van der Waals surface area contributed by atoms with Gasteiger partial charge in [-0.15, -0.1) is 0 Å². The van der Waals surface area contributed by atoms with Gasteiger partial charge < -0.3 is 20.5 Å². The number of hydrogen-bond donors (Lipinski definition) is 2. The van der Waals surface area contributed by atoms with Crippen molar-refractivity contribution in [2.45, 2.75) is 31.4 Å². The lowest BCUT2D eigenvalue weighted by Crippen LogP contribution is -2.49. The van der Waals surface area contributed by atoms with E-state index in [0.717, 1.165) is 6.42 Å². The lowest BCUT2D eigenvalue weighted by Gasteiger charge is -2.19. The number of primary amides is 1. The van der Waals surface area contributed by atoms with E-state index >= 15 is 0 Å². The molecule has 130 valence electrons. The van der Waals surface area contributed by atoms with Crippen molar-refractivity contribution in [2.75, 3.05) is 13.7 Å². The highest BCUT2D eigenvalue weighted by Gasteiger charge is 2.28. The lowest BCUT2D eigenvalue weighted by atomic mass is 10.0. The minimum absolute atomic E-state index is 0.0152. The zero-order valence-electron chi connectivity index (χ0n) is 13.2. The second-order valence-electron chi connectivity index (χ2n) is 5.42. The number of hydrogen-bond acceptors (Lipinski definition) is 6. The molecule has 1 aromatic carbocycles. The highest BCUT2D eigenvalue weighted by molar-refractivity contribution is 5.88. The van der Waals surface area contributed by atoms with Crippen LogP contribution in [0.3, 0.4) is 0 Å². The maximum atomic E-state index is 12.1. The first-order chi connectivity index (χ1) is 11.4. The smallest absolute Gasteiger partial charge is 0.269 e. The molecule has 0 bridgehead atoms. The number of ether oxygens (including phenoxy) is 2. The minimum Gasteiger partial charge on any atom is -0.496 e. The number of benzene rings is 1. The van der Waals surface area contributed by atoms with Gasteiger partial charge in [0.2, 0.25) is 11.8 Å². The van der Waals surface area contributed by atoms with Crippen molar-refractivity contribution in [2.24, 2.45) is 5.73 Å². The summed E-state index contributed by atoms with van der Waals surface area (Å²) in [5.41, 5.74) is 5.62. The van der Waals surface area contributed by atoms with Crippen molar-refractivity contribution in [3.63, 3.8) is 0 Å². The molecule has 0 spiro atoms. The average Bonchev–Trinajstić information content (AvgIpc) is 3.08. The van der Waals surface area contributed by atoms with Crippen LogP contribution in [-0.4, -0.2) is 42.6 Å². The van der Waals surface area contributed by atoms with Gasteiger partial charge in [0.05, 0.1) is 12.0 Å². The molecule has 9 heteroatoms. The number of nitrogens with two attached hydrogens (primary N) is 1. The molecule has 2 rings (SSSR count). The molecule has 0 radical (unpaired) electrons. The van der Waals surface area contributed by atoms with E-state index in [1.165, 1.54) is 25.3 Å². The first-order valence-electron chi connectivity index (χ1n) is 7.45. The highest BCUT2D eigenvalue weighted by atomic mass is 16.6. The SMILES string of the molecule is COc1ccc([N+](=O)[O-])cc1C[C@H](NC(=O)[C@H]1CCCO1)C(N)=O. The summed E-state index contributed by atoms with van der Waals surface area (Å²) >= 11 is 0. The largest absolute Gasteiger partial charge is 0.496 e. The third-order valence-electron chi connectivity index (χ3n) is 3.78. The van der Waals surface area contributed by atoms with Crippen molar-refractivity contribution in [1.29, 1.82) is 0 Å². The fraction of sp³-hybridized carbons (Fsp3) is 0.467. The van der Waals surface area contributed by atoms with Crippen LogP contribution in [0, 0.1) is 10.1 Å². The Hall–Kier alpha value is -2.68. The number of carbonyl (C=O) groups is 2. The predicted octanol–water partition coefficient (Wildman–Crippen LogP) is 0.295. The molecule has 1 heterocycles. The van der Waals surface area contributed by atoms with Crippen molar-refractivity contribution in [1.82, 2.24) is 5.32 Å². The predicted molar refractivity (Wildman–Crippen MR) is 83.5 cm³/mol. The molecule has 1 fully saturated rings. The lowest BCUT2D eigenvalue weighted by molar-refractivity contribution is -0.384. The Morgan fingerprint density at radius 3 is 2.83 bits per heavy atom. The van der Waals surface area contributed by atoms with Crippen LogP contribution in [0.15, 0.2) is 18.2 Å². The van der Waals surface area contributed by atoms with Gasteiger partial charge in [-0.05, 0) is 18.9 Å². The number of carbonyl (C=O) groups excluding carboxylic acids is 2. The van der Waals surface area contributed by atoms with Gasteiger partial charge in [0, 0.05) is 30.7 Å². The molecule has 1 aliphatic heterocycles. The second kappa shape index (κ2) is 7.73. The van der Waals surface area contributed by atoms with Crippen LogP contribution in [-0.2, 0) is 20.7 Å². The number of nitrogens with one attached hydrogen (secondary N) is 1. The molecule has 9 nitrogen and oxygen atoms in total. The van der Waals surface area contributed by atoms with Crippen molar-refractivity contribution in [3.05, 3.63) is 33.9 Å². The Labute approximate surface area is 138 Å². The third kappa shape index (κ3) is 4.19. The minimum atomic E-state index is -1.02. The van der Waals surface area contributed by atoms with Gasteiger partial charge in [-0.25, -0.2) is 0 Å². The normalized spacial score (nSPS) is 18.0. The zero-order chi connectivity index (χ0) is 17.7. The number of non-ortho nitro benzene ring substituents is 1. The Balaban J connectivity index is 2.17. The van der Waals surface area contributed by atoms with Crippen LogP contribution < -0.4 is 15.8 Å². The van der Waals surface area contributed by atoms with Crippen LogP contribution in [0.1, 0.15) is 18.4 Å². The number of nitrogens with zero attached hydrogens (tertiary/aromatic N) is 1. The molecule has 1 aliphatic rings. The molecule has 2 amide bonds. The highest BCUT2D eigenvalue weighted by Crippen LogP contribution is 2.25. The Kier molecular flexibility index (Phi) is 5.69. The number of amides is 2. The molecule has 24 heavy (non-hydrogen) atoms. The molecule has 1 aromatic rings. The van der Waals surface area contributed by atoms with E-state index in [4.69, 9.17) is 15.2 Å². The Morgan fingerprint density at radius 1 is 1.54 bits per heavy atom. The van der Waals surface area contributed by atoms with E-state index in [0.29, 0.717) is 24.3 Å². The molecular weight excluding hydrogens is 318 g/mol. The summed E-state index contributed by atoms with van der Waals surface area (Å²) in [6.45, 7) is 0.498. The van der Waals surface area contributed by atoms with E-state index in [2.05, 4.69) is 5.32 Å². The van der Waals surface area contributed by atoms with E-state index in [1.807, 2.05) is 0 Å². The van der Waals surface area contributed by atoms with Gasteiger partial charge in [0.15, 0.2) is 0 Å². The molecule has 1 saturated heterocycles. The standard InChI is InChI=1S/C15H19N3O6/c1-23-12-5-4-10(18(21)22)7-9(12)8-11(14(16)19)17-15(20)13-3-2-6-24-13/h4-5,7,11,13H,2-3,6,8H2,1H3,(H2,16,19)(H,17,20)/t11-,13+/m0/s1. The summed E-state index contributed by atoms with van der Waals surface area (Å²) in [6.07, 6.45) is 0.743. The third-order valence-corrected chi connectivity index (χ3v) is 3.78. The van der Waals surface area contributed by atoms with Gasteiger partial charge in [0.25, 0.3) is 5.69 Å². The number of nitro groups is 1. The zero-order valence-corrected chi connectivity index (χ0v) is 13.2. The van der Waals surface area contributed by atoms with Gasteiger partial charge in [0.1, 0.15) is 17.9 Å². The fourth-order valence-electron chi connectivity index (χ4n) is 2.53. The molecule has 0 saturated carbocycles. The summed E-state index contributed by atoms with van der Waals surface area (Å²) in [5, 5.41) is 13.5. The Morgan fingerprint density at radius 2 is 2.29 bits per heavy atom. The van der Waals surface area contributed by atoms with Gasteiger partial charge in [-0.2, -0.15) is 0 Å². The van der Waals surface area contributed by atoms with E-state index in [9.17, 15) is 19.7 Å². The number of rotatable bonds is 7. The quantitative estimate of drug-likeness (QED) is 0.543. The fourth-order valence-corrected chi connectivity index (χ4v) is 2.53. The topological polar surface area (TPSA) is 134 Å². The van der Waals surface area contributed by atoms with Crippen LogP contribution in [0.2, 0.25) is 0 Å². The summed E-state index contributed by atoms with van der Waals surface area (Å²) in [6, 6.07) is 3.02. The maximum Gasteiger partial charge on any atom is 0.269 e. The summed E-state index contributed by atoms with van der Waals surface area (Å²) in [4.78, 5) is 34.1. The van der Waals surface area contributed by atoms with Gasteiger partial charge in [-0.1, -0.05) is 0 Å². The van der Waals surface area contributed by atoms with E-state index in [1.54, 1.807) is 0 Å². The number of methoxy groups -OCH3 is 1. The first kappa shape index (κ1) is 17.7. The molecule has 0 aromatic heterocycles. The monoisotopic (exact) mass is 337 g/mol. The number of nitro benzene ring substituents is 1. The Bertz CT molecular complexity index is 642. The van der Waals surface area contributed by atoms with Crippen molar-refractivity contribution in [3.8, 4) is 5.75 Å². The second-order valence-corrected chi connectivity index (χ2v) is 5.42. The molecule has 0 unspecified atom stereocenters. The summed E-state index contributed by atoms with van der Waals surface area (Å²) in [7, 11) is 1.41. The van der Waals surface area contributed by atoms with Crippen LogP contribution in [0.5, 0.6) is 5.75 Å². The van der Waals surface area contributed by atoms with Gasteiger partial charge in [-0.3, -0.25) is 19.7 Å². The summed E-state index contributed by atoms with van der Waals surface area (Å²) < 4.78 is 10.4. The van der Waals surface area contributed by atoms with Crippen molar-refractivity contribution < 1.29 is 24.0 Å². The van der Waals surface area contributed by atoms with Gasteiger partial charge >= 0.3 is 0 Å². The van der Waals surface area contributed by atoms with E-state index in [-0.39, 0.29) is 12.1 Å². The van der Waals surface area contributed by atoms with Crippen molar-refractivity contribution >= 4 is 17.5 Å². The van der Waals surface area contributed by atoms with Crippen LogP contribution in [0.4, 0.5) is 5.69 Å². The first-order valence-corrected chi connectivity index (χ1v) is 7.45. The molecular formula is C15H19N3O6. The molecule has 2 atom stereocenters.